The Balaban J connectivity index is 1.74. The number of alkyl halides is 3. The highest BCUT2D eigenvalue weighted by atomic mass is 35.5. The minimum absolute atomic E-state index is 0.0179. The molecule has 32 heavy (non-hydrogen) atoms. The van der Waals surface area contributed by atoms with Crippen LogP contribution < -0.4 is 15.4 Å². The van der Waals surface area contributed by atoms with E-state index < -0.39 is 35.9 Å². The van der Waals surface area contributed by atoms with Gasteiger partial charge in [-0.25, -0.2) is 0 Å². The number of carbonyl (C=O) groups is 3. The molecule has 2 amide bonds. The van der Waals surface area contributed by atoms with Crippen molar-refractivity contribution in [2.75, 3.05) is 24.4 Å². The molecule has 0 radical (unpaired) electrons. The predicted molar refractivity (Wildman–Crippen MR) is 112 cm³/mol. The average Bonchev–Trinajstić information content (AvgIpc) is 2.72. The highest BCUT2D eigenvalue weighted by Gasteiger charge is 2.33. The lowest BCUT2D eigenvalue weighted by Gasteiger charge is -2.13. The van der Waals surface area contributed by atoms with Crippen LogP contribution in [0.25, 0.3) is 0 Å². The smallest absolute Gasteiger partial charge is 0.418 e. The van der Waals surface area contributed by atoms with Crippen molar-refractivity contribution < 1.29 is 37.0 Å². The number of hydrogen-bond acceptors (Lipinski definition) is 5. The first-order valence-electron chi connectivity index (χ1n) is 9.35. The van der Waals surface area contributed by atoms with Gasteiger partial charge in [0.25, 0.3) is 5.91 Å². The topological polar surface area (TPSA) is 93.7 Å². The number of benzene rings is 2. The van der Waals surface area contributed by atoms with Crippen molar-refractivity contribution in [3.8, 4) is 5.75 Å². The van der Waals surface area contributed by atoms with E-state index in [0.717, 1.165) is 12.1 Å². The minimum Gasteiger partial charge on any atom is -0.495 e. The van der Waals surface area contributed by atoms with Gasteiger partial charge >= 0.3 is 12.1 Å². The molecule has 0 fully saturated rings. The summed E-state index contributed by atoms with van der Waals surface area (Å²) >= 11 is 5.89. The van der Waals surface area contributed by atoms with Crippen LogP contribution in [0.3, 0.4) is 0 Å². The minimum atomic E-state index is -4.64. The number of para-hydroxylation sites is 1. The molecule has 0 aliphatic rings. The number of hydrogen-bond donors (Lipinski definition) is 2. The molecule has 0 bridgehead atoms. The number of carbonyl (C=O) groups excluding carboxylic acids is 3. The van der Waals surface area contributed by atoms with Crippen LogP contribution in [0.2, 0.25) is 5.02 Å². The molecular formula is C21H20ClF3N2O5. The van der Waals surface area contributed by atoms with Gasteiger partial charge in [0.15, 0.2) is 6.61 Å². The fourth-order valence-electron chi connectivity index (χ4n) is 2.63. The zero-order chi connectivity index (χ0) is 23.7. The van der Waals surface area contributed by atoms with E-state index in [1.807, 2.05) is 0 Å². The van der Waals surface area contributed by atoms with Crippen molar-refractivity contribution in [3.63, 3.8) is 0 Å². The molecule has 11 heteroatoms. The lowest BCUT2D eigenvalue weighted by molar-refractivity contribution is -0.147. The predicted octanol–water partition coefficient (Wildman–Crippen LogP) is 4.66. The van der Waals surface area contributed by atoms with Crippen LogP contribution in [-0.2, 0) is 25.3 Å². The van der Waals surface area contributed by atoms with Crippen molar-refractivity contribution in [1.82, 2.24) is 0 Å². The van der Waals surface area contributed by atoms with Crippen molar-refractivity contribution in [2.24, 2.45) is 0 Å². The van der Waals surface area contributed by atoms with Crippen LogP contribution in [0.5, 0.6) is 5.75 Å². The third-order valence-electron chi connectivity index (χ3n) is 4.09. The van der Waals surface area contributed by atoms with Gasteiger partial charge in [0.2, 0.25) is 5.91 Å². The Labute approximate surface area is 186 Å². The Kier molecular flexibility index (Phi) is 8.89. The number of rotatable bonds is 9. The first-order valence-corrected chi connectivity index (χ1v) is 9.73. The Morgan fingerprint density at radius 2 is 1.66 bits per heavy atom. The Bertz CT molecular complexity index is 982. The van der Waals surface area contributed by atoms with E-state index in [1.54, 1.807) is 12.1 Å². The number of ether oxygens (including phenoxy) is 2. The summed E-state index contributed by atoms with van der Waals surface area (Å²) < 4.78 is 48.7. The summed E-state index contributed by atoms with van der Waals surface area (Å²) in [5.74, 6) is -1.65. The van der Waals surface area contributed by atoms with Gasteiger partial charge in [-0.15, -0.1) is 0 Å². The summed E-state index contributed by atoms with van der Waals surface area (Å²) in [4.78, 5) is 35.6. The van der Waals surface area contributed by atoms with Crippen molar-refractivity contribution in [2.45, 2.75) is 25.4 Å². The van der Waals surface area contributed by atoms with Crippen molar-refractivity contribution in [1.29, 1.82) is 0 Å². The summed E-state index contributed by atoms with van der Waals surface area (Å²) in [7, 11) is 1.44. The van der Waals surface area contributed by atoms with Gasteiger partial charge in [-0.2, -0.15) is 13.2 Å². The van der Waals surface area contributed by atoms with E-state index in [1.165, 1.54) is 25.3 Å². The fraction of sp³-hybridized carbons (Fsp3) is 0.286. The maximum Gasteiger partial charge on any atom is 0.418 e. The molecular weight excluding hydrogens is 453 g/mol. The highest BCUT2D eigenvalue weighted by molar-refractivity contribution is 6.31. The van der Waals surface area contributed by atoms with E-state index in [-0.39, 0.29) is 25.2 Å². The molecule has 0 atom stereocenters. The molecule has 0 heterocycles. The molecule has 0 saturated carbocycles. The number of methoxy groups -OCH3 is 1. The summed E-state index contributed by atoms with van der Waals surface area (Å²) in [6.45, 7) is -0.753. The van der Waals surface area contributed by atoms with Crippen LogP contribution in [0.15, 0.2) is 42.5 Å². The zero-order valence-electron chi connectivity index (χ0n) is 16.9. The first kappa shape index (κ1) is 25.0. The van der Waals surface area contributed by atoms with Gasteiger partial charge in [0, 0.05) is 17.9 Å². The molecule has 2 aromatic carbocycles. The molecule has 2 N–H and O–H groups in total. The summed E-state index contributed by atoms with van der Waals surface area (Å²) in [5.41, 5.74) is -1.07. The summed E-state index contributed by atoms with van der Waals surface area (Å²) in [6, 6.07) is 9.15. The van der Waals surface area contributed by atoms with Gasteiger partial charge < -0.3 is 20.1 Å². The number of anilines is 2. The average molecular weight is 473 g/mol. The normalized spacial score (nSPS) is 10.9. The van der Waals surface area contributed by atoms with Crippen molar-refractivity contribution >= 4 is 40.8 Å². The molecule has 0 aliphatic carbocycles. The molecule has 2 rings (SSSR count). The molecule has 0 saturated heterocycles. The molecule has 7 nitrogen and oxygen atoms in total. The standard InChI is InChI=1S/C21H20ClF3N2O5/c1-31-17-10-9-13(22)11-16(17)27-18(28)7-4-8-20(30)32-12-19(29)26-15-6-3-2-5-14(15)21(23,24)25/h2-3,5-6,9-11H,4,7-8,12H2,1H3,(H,26,29)(H,27,28). The summed E-state index contributed by atoms with van der Waals surface area (Å²) in [6.07, 6.45) is -4.69. The van der Waals surface area contributed by atoms with E-state index in [0.29, 0.717) is 16.5 Å². The van der Waals surface area contributed by atoms with Crippen LogP contribution in [0.1, 0.15) is 24.8 Å². The number of esters is 1. The third kappa shape index (κ3) is 7.77. The lowest BCUT2D eigenvalue weighted by atomic mass is 10.1. The van der Waals surface area contributed by atoms with Crippen LogP contribution in [0.4, 0.5) is 24.5 Å². The van der Waals surface area contributed by atoms with Crippen LogP contribution in [0, 0.1) is 0 Å². The SMILES string of the molecule is COc1ccc(Cl)cc1NC(=O)CCCC(=O)OCC(=O)Nc1ccccc1C(F)(F)F. The summed E-state index contributed by atoms with van der Waals surface area (Å²) in [5, 5.41) is 5.08. The monoisotopic (exact) mass is 472 g/mol. The van der Waals surface area contributed by atoms with E-state index in [9.17, 15) is 27.6 Å². The molecule has 0 aliphatic heterocycles. The quantitative estimate of drug-likeness (QED) is 0.518. The Morgan fingerprint density at radius 3 is 2.34 bits per heavy atom. The zero-order valence-corrected chi connectivity index (χ0v) is 17.7. The number of halogens is 4. The van der Waals surface area contributed by atoms with E-state index >= 15 is 0 Å². The second-order valence-corrected chi connectivity index (χ2v) is 6.93. The Hall–Kier alpha value is -3.27. The molecule has 0 spiro atoms. The second-order valence-electron chi connectivity index (χ2n) is 6.50. The fourth-order valence-corrected chi connectivity index (χ4v) is 2.80. The number of nitrogens with one attached hydrogen (secondary N) is 2. The maximum absolute atomic E-state index is 12.9. The lowest BCUT2D eigenvalue weighted by Crippen LogP contribution is -2.22. The van der Waals surface area contributed by atoms with Gasteiger partial charge in [-0.3, -0.25) is 14.4 Å². The highest BCUT2D eigenvalue weighted by Crippen LogP contribution is 2.34. The van der Waals surface area contributed by atoms with Crippen LogP contribution >= 0.6 is 11.6 Å². The largest absolute Gasteiger partial charge is 0.495 e. The molecule has 0 aromatic heterocycles. The molecule has 2 aromatic rings. The van der Waals surface area contributed by atoms with E-state index in [4.69, 9.17) is 21.1 Å². The maximum atomic E-state index is 12.9. The van der Waals surface area contributed by atoms with Gasteiger partial charge in [0.05, 0.1) is 24.0 Å². The number of amides is 2. The first-order chi connectivity index (χ1) is 15.1. The van der Waals surface area contributed by atoms with Gasteiger partial charge in [-0.05, 0) is 36.8 Å². The van der Waals surface area contributed by atoms with E-state index in [2.05, 4.69) is 10.6 Å². The van der Waals surface area contributed by atoms with Crippen LogP contribution in [-0.4, -0.2) is 31.5 Å². The Morgan fingerprint density at radius 1 is 0.969 bits per heavy atom. The van der Waals surface area contributed by atoms with Gasteiger partial charge in [-0.1, -0.05) is 23.7 Å². The van der Waals surface area contributed by atoms with Gasteiger partial charge in [0.1, 0.15) is 5.75 Å². The van der Waals surface area contributed by atoms with Crippen molar-refractivity contribution in [3.05, 3.63) is 53.1 Å². The third-order valence-corrected chi connectivity index (χ3v) is 4.33. The molecule has 172 valence electrons. The molecule has 0 unspecified atom stereocenters. The second kappa shape index (κ2) is 11.4.